The Bertz CT molecular complexity index is 424. The number of hydrogen-bond donors (Lipinski definition) is 1. The molecule has 0 aromatic heterocycles. The first kappa shape index (κ1) is 15.2. The standard InChI is InChI=1S/C16H23Cl2N/c1-11(2)12-5-4-8-16(19,9-12)10-13-14(17)6-3-7-15(13)18/h3,6-7,11-12H,4-5,8-10,19H2,1-2H3. The van der Waals surface area contributed by atoms with E-state index < -0.39 is 0 Å². The van der Waals surface area contributed by atoms with Crippen LogP contribution in [-0.4, -0.2) is 5.54 Å². The highest BCUT2D eigenvalue weighted by Crippen LogP contribution is 2.39. The van der Waals surface area contributed by atoms with Crippen LogP contribution in [0.25, 0.3) is 0 Å². The maximum atomic E-state index is 6.64. The van der Waals surface area contributed by atoms with E-state index in [1.165, 1.54) is 12.8 Å². The molecule has 0 saturated heterocycles. The molecule has 2 unspecified atom stereocenters. The molecule has 0 amide bonds. The van der Waals surface area contributed by atoms with E-state index in [1.807, 2.05) is 18.2 Å². The summed E-state index contributed by atoms with van der Waals surface area (Å²) >= 11 is 12.5. The zero-order valence-electron chi connectivity index (χ0n) is 11.8. The summed E-state index contributed by atoms with van der Waals surface area (Å²) in [5.41, 5.74) is 7.50. The average molecular weight is 300 g/mol. The minimum Gasteiger partial charge on any atom is -0.325 e. The normalized spacial score (nSPS) is 27.8. The monoisotopic (exact) mass is 299 g/mol. The van der Waals surface area contributed by atoms with Gasteiger partial charge in [-0.2, -0.15) is 0 Å². The van der Waals surface area contributed by atoms with E-state index >= 15 is 0 Å². The zero-order chi connectivity index (χ0) is 14.0. The van der Waals surface area contributed by atoms with Gasteiger partial charge in [0.05, 0.1) is 0 Å². The third kappa shape index (κ3) is 3.65. The van der Waals surface area contributed by atoms with E-state index in [9.17, 15) is 0 Å². The van der Waals surface area contributed by atoms with Crippen LogP contribution in [0.4, 0.5) is 0 Å². The average Bonchev–Trinajstić information content (AvgIpc) is 2.34. The summed E-state index contributed by atoms with van der Waals surface area (Å²) in [6, 6.07) is 5.68. The summed E-state index contributed by atoms with van der Waals surface area (Å²) in [5, 5.41) is 1.48. The first-order chi connectivity index (χ1) is 8.91. The predicted octanol–water partition coefficient (Wildman–Crippen LogP) is 5.08. The largest absolute Gasteiger partial charge is 0.325 e. The molecule has 1 aliphatic rings. The predicted molar refractivity (Wildman–Crippen MR) is 83.9 cm³/mol. The highest BCUT2D eigenvalue weighted by molar-refractivity contribution is 6.36. The van der Waals surface area contributed by atoms with Crippen molar-refractivity contribution in [3.8, 4) is 0 Å². The minimum absolute atomic E-state index is 0.151. The van der Waals surface area contributed by atoms with Crippen molar-refractivity contribution < 1.29 is 0 Å². The molecule has 1 nitrogen and oxygen atoms in total. The maximum absolute atomic E-state index is 6.64. The van der Waals surface area contributed by atoms with E-state index in [1.54, 1.807) is 0 Å². The van der Waals surface area contributed by atoms with Gasteiger partial charge < -0.3 is 5.73 Å². The number of halogens is 2. The molecule has 0 heterocycles. The summed E-state index contributed by atoms with van der Waals surface area (Å²) in [6.07, 6.45) is 5.44. The van der Waals surface area contributed by atoms with Crippen LogP contribution in [0.15, 0.2) is 18.2 Å². The van der Waals surface area contributed by atoms with Crippen LogP contribution in [0.2, 0.25) is 10.0 Å². The van der Waals surface area contributed by atoms with Gasteiger partial charge in [-0.25, -0.2) is 0 Å². The third-order valence-electron chi connectivity index (χ3n) is 4.45. The Morgan fingerprint density at radius 1 is 1.32 bits per heavy atom. The summed E-state index contributed by atoms with van der Waals surface area (Å²) in [4.78, 5) is 0. The molecule has 0 bridgehead atoms. The number of benzene rings is 1. The smallest absolute Gasteiger partial charge is 0.0453 e. The minimum atomic E-state index is -0.151. The van der Waals surface area contributed by atoms with E-state index in [2.05, 4.69) is 13.8 Å². The lowest BCUT2D eigenvalue weighted by Crippen LogP contribution is -2.47. The van der Waals surface area contributed by atoms with E-state index in [0.717, 1.165) is 40.8 Å². The van der Waals surface area contributed by atoms with Gasteiger partial charge in [-0.05, 0) is 48.8 Å². The van der Waals surface area contributed by atoms with Gasteiger partial charge in [0.1, 0.15) is 0 Å². The molecular formula is C16H23Cl2N. The van der Waals surface area contributed by atoms with E-state index in [4.69, 9.17) is 28.9 Å². The quantitative estimate of drug-likeness (QED) is 0.827. The third-order valence-corrected chi connectivity index (χ3v) is 5.16. The molecule has 1 aromatic rings. The number of nitrogens with two attached hydrogens (primary N) is 1. The van der Waals surface area contributed by atoms with Crippen LogP contribution in [0, 0.1) is 11.8 Å². The maximum Gasteiger partial charge on any atom is 0.0453 e. The van der Waals surface area contributed by atoms with E-state index in [-0.39, 0.29) is 5.54 Å². The highest BCUT2D eigenvalue weighted by Gasteiger charge is 2.34. The molecule has 1 saturated carbocycles. The van der Waals surface area contributed by atoms with Crippen LogP contribution < -0.4 is 5.73 Å². The Balaban J connectivity index is 2.17. The van der Waals surface area contributed by atoms with Crippen LogP contribution in [0.5, 0.6) is 0 Å². The molecule has 1 fully saturated rings. The summed E-state index contributed by atoms with van der Waals surface area (Å²) in [5.74, 6) is 1.42. The molecular weight excluding hydrogens is 277 g/mol. The first-order valence-corrected chi connectivity index (χ1v) is 7.89. The fraction of sp³-hybridized carbons (Fsp3) is 0.625. The summed E-state index contributed by atoms with van der Waals surface area (Å²) < 4.78 is 0. The van der Waals surface area contributed by atoms with Crippen molar-refractivity contribution in [2.24, 2.45) is 17.6 Å². The first-order valence-electron chi connectivity index (χ1n) is 7.13. The molecule has 0 aliphatic heterocycles. The molecule has 1 aliphatic carbocycles. The number of hydrogen-bond acceptors (Lipinski definition) is 1. The topological polar surface area (TPSA) is 26.0 Å². The molecule has 2 rings (SSSR count). The SMILES string of the molecule is CC(C)C1CCCC(N)(Cc2c(Cl)cccc2Cl)C1. The van der Waals surface area contributed by atoms with E-state index in [0.29, 0.717) is 5.92 Å². The molecule has 2 atom stereocenters. The number of rotatable bonds is 3. The second-order valence-corrected chi connectivity index (χ2v) is 7.15. The molecule has 2 N–H and O–H groups in total. The van der Waals surface area contributed by atoms with Crippen LogP contribution in [0.3, 0.4) is 0 Å². The van der Waals surface area contributed by atoms with Gasteiger partial charge in [-0.15, -0.1) is 0 Å². The van der Waals surface area contributed by atoms with Crippen molar-refractivity contribution in [1.82, 2.24) is 0 Å². The molecule has 1 aromatic carbocycles. The lowest BCUT2D eigenvalue weighted by Gasteiger charge is -2.40. The Hall–Kier alpha value is -0.240. The van der Waals surface area contributed by atoms with Crippen molar-refractivity contribution in [2.45, 2.75) is 51.5 Å². The molecule has 106 valence electrons. The van der Waals surface area contributed by atoms with Crippen molar-refractivity contribution in [2.75, 3.05) is 0 Å². The van der Waals surface area contributed by atoms with Gasteiger partial charge >= 0.3 is 0 Å². The molecule has 3 heteroatoms. The Morgan fingerprint density at radius 3 is 2.53 bits per heavy atom. The second-order valence-electron chi connectivity index (χ2n) is 6.34. The van der Waals surface area contributed by atoms with Gasteiger partial charge in [-0.1, -0.05) is 56.0 Å². The van der Waals surface area contributed by atoms with Crippen LogP contribution in [-0.2, 0) is 6.42 Å². The Kier molecular flexibility index (Phi) is 4.81. The second kappa shape index (κ2) is 6.03. The van der Waals surface area contributed by atoms with Gasteiger partial charge in [-0.3, -0.25) is 0 Å². The summed E-state index contributed by atoms with van der Waals surface area (Å²) in [7, 11) is 0. The Labute approximate surface area is 126 Å². The van der Waals surface area contributed by atoms with Crippen molar-refractivity contribution >= 4 is 23.2 Å². The summed E-state index contributed by atoms with van der Waals surface area (Å²) in [6.45, 7) is 4.58. The van der Waals surface area contributed by atoms with Crippen molar-refractivity contribution in [3.05, 3.63) is 33.8 Å². The van der Waals surface area contributed by atoms with Gasteiger partial charge in [0.15, 0.2) is 0 Å². The molecule has 0 spiro atoms. The Morgan fingerprint density at radius 2 is 1.95 bits per heavy atom. The van der Waals surface area contributed by atoms with Gasteiger partial charge in [0.2, 0.25) is 0 Å². The fourth-order valence-corrected chi connectivity index (χ4v) is 3.76. The van der Waals surface area contributed by atoms with Crippen LogP contribution >= 0.6 is 23.2 Å². The van der Waals surface area contributed by atoms with Gasteiger partial charge in [0, 0.05) is 15.6 Å². The lowest BCUT2D eigenvalue weighted by molar-refractivity contribution is 0.182. The molecule has 0 radical (unpaired) electrons. The van der Waals surface area contributed by atoms with Crippen molar-refractivity contribution in [1.29, 1.82) is 0 Å². The van der Waals surface area contributed by atoms with Crippen molar-refractivity contribution in [3.63, 3.8) is 0 Å². The van der Waals surface area contributed by atoms with Crippen LogP contribution in [0.1, 0.15) is 45.1 Å². The zero-order valence-corrected chi connectivity index (χ0v) is 13.3. The fourth-order valence-electron chi connectivity index (χ4n) is 3.23. The molecule has 19 heavy (non-hydrogen) atoms. The lowest BCUT2D eigenvalue weighted by atomic mass is 9.70. The van der Waals surface area contributed by atoms with Gasteiger partial charge in [0.25, 0.3) is 0 Å². The highest BCUT2D eigenvalue weighted by atomic mass is 35.5.